The Kier molecular flexibility index (Phi) is 4.60. The molecule has 2 heterocycles. The second-order valence-electron chi connectivity index (χ2n) is 6.51. The molecule has 0 saturated carbocycles. The number of carbonyl (C=O) groups excluding carboxylic acids is 2. The van der Waals surface area contributed by atoms with E-state index < -0.39 is 5.76 Å². The molecule has 1 saturated heterocycles. The fraction of sp³-hybridized carbons (Fsp3) is 0.250. The van der Waals surface area contributed by atoms with E-state index in [0.717, 1.165) is 0 Å². The molecular formula is C20H19N3O5. The highest BCUT2D eigenvalue weighted by Gasteiger charge is 2.27. The van der Waals surface area contributed by atoms with Gasteiger partial charge in [0, 0.05) is 31.7 Å². The third kappa shape index (κ3) is 3.24. The molecule has 2 aromatic carbocycles. The number of piperazine rings is 1. The van der Waals surface area contributed by atoms with E-state index in [1.54, 1.807) is 46.2 Å². The number of nitrogens with one attached hydrogen (secondary N) is 1. The molecule has 0 aliphatic carbocycles. The Hall–Kier alpha value is -3.55. The van der Waals surface area contributed by atoms with Crippen LogP contribution in [0.2, 0.25) is 0 Å². The molecule has 144 valence electrons. The van der Waals surface area contributed by atoms with Crippen LogP contribution in [0, 0.1) is 0 Å². The molecule has 2 amide bonds. The van der Waals surface area contributed by atoms with Gasteiger partial charge in [0.25, 0.3) is 11.8 Å². The summed E-state index contributed by atoms with van der Waals surface area (Å²) in [5.74, 6) is -0.287. The van der Waals surface area contributed by atoms with Gasteiger partial charge in [-0.3, -0.25) is 14.6 Å². The Morgan fingerprint density at radius 3 is 2.39 bits per heavy atom. The first-order valence-corrected chi connectivity index (χ1v) is 8.91. The Balaban J connectivity index is 1.45. The predicted molar refractivity (Wildman–Crippen MR) is 102 cm³/mol. The number of benzene rings is 2. The van der Waals surface area contributed by atoms with Gasteiger partial charge in [0.15, 0.2) is 5.58 Å². The molecular weight excluding hydrogens is 362 g/mol. The van der Waals surface area contributed by atoms with Crippen molar-refractivity contribution in [3.05, 3.63) is 64.1 Å². The summed E-state index contributed by atoms with van der Waals surface area (Å²) < 4.78 is 10.3. The summed E-state index contributed by atoms with van der Waals surface area (Å²) in [5.41, 5.74) is 1.85. The van der Waals surface area contributed by atoms with Crippen LogP contribution in [0.1, 0.15) is 20.7 Å². The second kappa shape index (κ2) is 7.22. The number of carbonyl (C=O) groups is 2. The molecule has 1 aliphatic heterocycles. The summed E-state index contributed by atoms with van der Waals surface area (Å²) in [4.78, 5) is 42.8. The van der Waals surface area contributed by atoms with Crippen LogP contribution in [-0.2, 0) is 0 Å². The molecule has 0 spiro atoms. The van der Waals surface area contributed by atoms with Crippen molar-refractivity contribution in [1.29, 1.82) is 0 Å². The van der Waals surface area contributed by atoms with Crippen molar-refractivity contribution in [3.63, 3.8) is 0 Å². The van der Waals surface area contributed by atoms with Crippen molar-refractivity contribution in [3.8, 4) is 5.75 Å². The van der Waals surface area contributed by atoms with Gasteiger partial charge in [0.1, 0.15) is 5.75 Å². The molecule has 0 unspecified atom stereocenters. The van der Waals surface area contributed by atoms with Crippen LogP contribution in [0.3, 0.4) is 0 Å². The quantitative estimate of drug-likeness (QED) is 0.745. The number of H-pyrrole nitrogens is 1. The fourth-order valence-corrected chi connectivity index (χ4v) is 3.37. The second-order valence-corrected chi connectivity index (χ2v) is 6.51. The van der Waals surface area contributed by atoms with Crippen molar-refractivity contribution in [2.24, 2.45) is 0 Å². The number of hydrogen-bond donors (Lipinski definition) is 1. The van der Waals surface area contributed by atoms with E-state index >= 15 is 0 Å². The largest absolute Gasteiger partial charge is 0.496 e. The molecule has 0 bridgehead atoms. The topological polar surface area (TPSA) is 95.9 Å². The summed E-state index contributed by atoms with van der Waals surface area (Å²) in [7, 11) is 1.53. The molecule has 28 heavy (non-hydrogen) atoms. The number of hydrogen-bond acceptors (Lipinski definition) is 5. The number of aromatic amines is 1. The Labute approximate surface area is 160 Å². The van der Waals surface area contributed by atoms with E-state index in [9.17, 15) is 14.4 Å². The van der Waals surface area contributed by atoms with Gasteiger partial charge in [-0.05, 0) is 30.3 Å². The minimum atomic E-state index is -0.553. The number of fused-ring (bicyclic) bond motifs is 1. The smallest absolute Gasteiger partial charge is 0.417 e. The van der Waals surface area contributed by atoms with E-state index in [4.69, 9.17) is 9.15 Å². The first-order chi connectivity index (χ1) is 13.6. The maximum Gasteiger partial charge on any atom is 0.417 e. The van der Waals surface area contributed by atoms with Crippen LogP contribution in [0.4, 0.5) is 0 Å². The van der Waals surface area contributed by atoms with Gasteiger partial charge in [0.05, 0.1) is 18.2 Å². The Morgan fingerprint density at radius 1 is 1.00 bits per heavy atom. The first-order valence-electron chi connectivity index (χ1n) is 8.91. The number of amides is 2. The van der Waals surface area contributed by atoms with Crippen molar-refractivity contribution in [1.82, 2.24) is 14.8 Å². The van der Waals surface area contributed by atoms with Crippen LogP contribution >= 0.6 is 0 Å². The lowest BCUT2D eigenvalue weighted by Crippen LogP contribution is -2.50. The molecule has 8 heteroatoms. The third-order valence-corrected chi connectivity index (χ3v) is 4.86. The Morgan fingerprint density at radius 2 is 1.68 bits per heavy atom. The Bertz CT molecular complexity index is 1090. The van der Waals surface area contributed by atoms with Crippen LogP contribution in [-0.4, -0.2) is 59.9 Å². The van der Waals surface area contributed by atoms with Crippen molar-refractivity contribution in [2.75, 3.05) is 33.3 Å². The zero-order valence-electron chi connectivity index (χ0n) is 15.3. The highest BCUT2D eigenvalue weighted by Crippen LogP contribution is 2.21. The predicted octanol–water partition coefficient (Wildman–Crippen LogP) is 1.73. The van der Waals surface area contributed by atoms with E-state index in [0.29, 0.717) is 54.2 Å². The molecule has 1 aromatic heterocycles. The molecule has 0 atom stereocenters. The summed E-state index contributed by atoms with van der Waals surface area (Å²) >= 11 is 0. The number of methoxy groups -OCH3 is 1. The summed E-state index contributed by atoms with van der Waals surface area (Å²) in [6.07, 6.45) is 0. The number of para-hydroxylation sites is 1. The van der Waals surface area contributed by atoms with E-state index in [1.165, 1.54) is 7.11 Å². The van der Waals surface area contributed by atoms with Crippen LogP contribution in [0.15, 0.2) is 51.7 Å². The van der Waals surface area contributed by atoms with Gasteiger partial charge in [-0.15, -0.1) is 0 Å². The lowest BCUT2D eigenvalue weighted by molar-refractivity contribution is 0.0533. The average Bonchev–Trinajstić information content (AvgIpc) is 3.12. The average molecular weight is 381 g/mol. The van der Waals surface area contributed by atoms with Crippen LogP contribution < -0.4 is 10.5 Å². The van der Waals surface area contributed by atoms with Crippen molar-refractivity contribution in [2.45, 2.75) is 0 Å². The molecule has 1 aliphatic rings. The third-order valence-electron chi connectivity index (χ3n) is 4.86. The minimum Gasteiger partial charge on any atom is -0.496 e. The number of ether oxygens (including phenoxy) is 1. The fourth-order valence-electron chi connectivity index (χ4n) is 3.37. The number of oxazole rings is 1. The van der Waals surface area contributed by atoms with Gasteiger partial charge in [-0.1, -0.05) is 12.1 Å². The maximum atomic E-state index is 12.8. The highest BCUT2D eigenvalue weighted by atomic mass is 16.5. The summed E-state index contributed by atoms with van der Waals surface area (Å²) in [6.45, 7) is 1.72. The van der Waals surface area contributed by atoms with Gasteiger partial charge in [0.2, 0.25) is 0 Å². The molecule has 4 rings (SSSR count). The molecule has 8 nitrogen and oxygen atoms in total. The van der Waals surface area contributed by atoms with Gasteiger partial charge in [-0.25, -0.2) is 4.79 Å². The monoisotopic (exact) mass is 381 g/mol. The van der Waals surface area contributed by atoms with E-state index in [2.05, 4.69) is 4.98 Å². The number of rotatable bonds is 3. The SMILES string of the molecule is COc1ccccc1C(=O)N1CCN(C(=O)c2ccc3[nH]c(=O)oc3c2)CC1. The van der Waals surface area contributed by atoms with Crippen LogP contribution in [0.5, 0.6) is 5.75 Å². The minimum absolute atomic E-state index is 0.111. The summed E-state index contributed by atoms with van der Waals surface area (Å²) in [5, 5.41) is 0. The van der Waals surface area contributed by atoms with Gasteiger partial charge >= 0.3 is 5.76 Å². The normalized spacial score (nSPS) is 14.3. The van der Waals surface area contributed by atoms with E-state index in [-0.39, 0.29) is 11.8 Å². The van der Waals surface area contributed by atoms with Gasteiger partial charge < -0.3 is 19.0 Å². The number of aromatic nitrogens is 1. The first kappa shape index (κ1) is 17.8. The van der Waals surface area contributed by atoms with E-state index in [1.807, 2.05) is 6.07 Å². The van der Waals surface area contributed by atoms with Crippen LogP contribution in [0.25, 0.3) is 11.1 Å². The van der Waals surface area contributed by atoms with Gasteiger partial charge in [-0.2, -0.15) is 0 Å². The molecule has 3 aromatic rings. The summed E-state index contributed by atoms with van der Waals surface area (Å²) in [6, 6.07) is 12.0. The lowest BCUT2D eigenvalue weighted by atomic mass is 10.1. The van der Waals surface area contributed by atoms with Crippen molar-refractivity contribution < 1.29 is 18.7 Å². The van der Waals surface area contributed by atoms with Crippen molar-refractivity contribution >= 4 is 22.9 Å². The molecule has 0 radical (unpaired) electrons. The standard InChI is InChI=1S/C20H19N3O5/c1-27-16-5-3-2-4-14(16)19(25)23-10-8-22(9-11-23)18(24)13-6-7-15-17(12-13)28-20(26)21-15/h2-7,12H,8-11H2,1H3,(H,21,26). The highest BCUT2D eigenvalue weighted by molar-refractivity contribution is 5.98. The maximum absolute atomic E-state index is 12.8. The lowest BCUT2D eigenvalue weighted by Gasteiger charge is -2.35. The molecule has 1 fully saturated rings. The zero-order valence-corrected chi connectivity index (χ0v) is 15.3. The molecule has 1 N–H and O–H groups in total. The number of nitrogens with zero attached hydrogens (tertiary/aromatic N) is 2. The zero-order chi connectivity index (χ0) is 19.7.